The van der Waals surface area contributed by atoms with Gasteiger partial charge in [-0.1, -0.05) is 78.3 Å². The summed E-state index contributed by atoms with van der Waals surface area (Å²) in [5.74, 6) is -2.10. The van der Waals surface area contributed by atoms with Gasteiger partial charge in [0.25, 0.3) is 5.91 Å². The molecule has 0 fully saturated rings. The third kappa shape index (κ3) is 4.93. The van der Waals surface area contributed by atoms with Crippen LogP contribution in [0.2, 0.25) is 5.02 Å². The molecule has 0 unspecified atom stereocenters. The molecule has 3 aromatic rings. The number of halogens is 2. The SMILES string of the molecule is CN(Cc1c(F)cccc1Cl)C(=O)COC(=O)C(O)(c1ccccc1)c1ccccc1. The Hall–Kier alpha value is -3.22. The Balaban J connectivity index is 1.75. The van der Waals surface area contributed by atoms with E-state index in [9.17, 15) is 19.1 Å². The van der Waals surface area contributed by atoms with Crippen molar-refractivity contribution in [2.45, 2.75) is 12.1 Å². The molecule has 1 amide bonds. The number of ether oxygens (including phenoxy) is 1. The summed E-state index contributed by atoms with van der Waals surface area (Å²) in [6.07, 6.45) is 0. The Labute approximate surface area is 184 Å². The van der Waals surface area contributed by atoms with E-state index in [1.165, 1.54) is 30.1 Å². The van der Waals surface area contributed by atoms with Crippen molar-refractivity contribution in [3.8, 4) is 0 Å². The fourth-order valence-corrected chi connectivity index (χ4v) is 3.33. The standard InChI is InChI=1S/C24H21ClFNO4/c1-27(15-19-20(25)13-8-14-21(19)26)22(28)16-31-23(29)24(30,17-9-4-2-5-10-17)18-11-6-3-7-12-18/h2-14,30H,15-16H2,1H3. The zero-order valence-electron chi connectivity index (χ0n) is 16.8. The fourth-order valence-electron chi connectivity index (χ4n) is 3.11. The predicted molar refractivity (Wildman–Crippen MR) is 115 cm³/mol. The highest BCUT2D eigenvalue weighted by Crippen LogP contribution is 2.31. The maximum Gasteiger partial charge on any atom is 0.348 e. The molecule has 3 aromatic carbocycles. The Morgan fingerprint density at radius 1 is 0.968 bits per heavy atom. The summed E-state index contributed by atoms with van der Waals surface area (Å²) >= 11 is 6.00. The van der Waals surface area contributed by atoms with Crippen LogP contribution in [0.4, 0.5) is 4.39 Å². The van der Waals surface area contributed by atoms with Crippen LogP contribution in [-0.2, 0) is 26.5 Å². The Kier molecular flexibility index (Phi) is 7.05. The summed E-state index contributed by atoms with van der Waals surface area (Å²) in [4.78, 5) is 26.6. The minimum Gasteiger partial charge on any atom is -0.453 e. The largest absolute Gasteiger partial charge is 0.453 e. The number of carbonyl (C=O) groups excluding carboxylic acids is 2. The van der Waals surface area contributed by atoms with Crippen LogP contribution in [0.5, 0.6) is 0 Å². The molecule has 0 spiro atoms. The van der Waals surface area contributed by atoms with Crippen LogP contribution in [0.25, 0.3) is 0 Å². The van der Waals surface area contributed by atoms with Crippen molar-refractivity contribution in [1.82, 2.24) is 4.90 Å². The van der Waals surface area contributed by atoms with Gasteiger partial charge in [0.05, 0.1) is 0 Å². The van der Waals surface area contributed by atoms with E-state index in [2.05, 4.69) is 0 Å². The normalized spacial score (nSPS) is 11.1. The number of nitrogens with zero attached hydrogens (tertiary/aromatic N) is 1. The fraction of sp³-hybridized carbons (Fsp3) is 0.167. The second-order valence-corrected chi connectivity index (χ2v) is 7.38. The van der Waals surface area contributed by atoms with E-state index in [0.29, 0.717) is 11.1 Å². The highest BCUT2D eigenvalue weighted by molar-refractivity contribution is 6.31. The number of hydrogen-bond acceptors (Lipinski definition) is 4. The van der Waals surface area contributed by atoms with Gasteiger partial charge >= 0.3 is 5.97 Å². The number of esters is 1. The molecule has 0 aromatic heterocycles. The smallest absolute Gasteiger partial charge is 0.348 e. The number of amides is 1. The first-order valence-corrected chi connectivity index (χ1v) is 9.89. The lowest BCUT2D eigenvalue weighted by atomic mass is 9.86. The third-order valence-corrected chi connectivity index (χ3v) is 5.24. The van der Waals surface area contributed by atoms with Gasteiger partial charge in [-0.05, 0) is 23.3 Å². The maximum atomic E-state index is 14.0. The quantitative estimate of drug-likeness (QED) is 0.564. The van der Waals surface area contributed by atoms with Gasteiger partial charge in [-0.2, -0.15) is 0 Å². The van der Waals surface area contributed by atoms with E-state index in [1.54, 1.807) is 60.7 Å². The molecule has 0 heterocycles. The minimum absolute atomic E-state index is 0.0937. The first-order chi connectivity index (χ1) is 14.8. The molecule has 31 heavy (non-hydrogen) atoms. The lowest BCUT2D eigenvalue weighted by Gasteiger charge is -2.27. The number of rotatable bonds is 7. The van der Waals surface area contributed by atoms with Crippen LogP contribution >= 0.6 is 11.6 Å². The van der Waals surface area contributed by atoms with Gasteiger partial charge in [-0.3, -0.25) is 4.79 Å². The first-order valence-electron chi connectivity index (χ1n) is 9.51. The molecule has 0 aliphatic carbocycles. The maximum absolute atomic E-state index is 14.0. The summed E-state index contributed by atoms with van der Waals surface area (Å²) in [5.41, 5.74) is -1.30. The van der Waals surface area contributed by atoms with Gasteiger partial charge in [0.15, 0.2) is 6.61 Å². The molecular weight excluding hydrogens is 421 g/mol. The van der Waals surface area contributed by atoms with E-state index < -0.39 is 29.9 Å². The van der Waals surface area contributed by atoms with Gasteiger partial charge in [0, 0.05) is 24.2 Å². The third-order valence-electron chi connectivity index (χ3n) is 4.89. The van der Waals surface area contributed by atoms with Gasteiger partial charge in [-0.15, -0.1) is 0 Å². The minimum atomic E-state index is -2.09. The van der Waals surface area contributed by atoms with Crippen LogP contribution in [0.3, 0.4) is 0 Å². The van der Waals surface area contributed by atoms with E-state index in [4.69, 9.17) is 16.3 Å². The van der Waals surface area contributed by atoms with Gasteiger partial charge in [-0.25, -0.2) is 9.18 Å². The highest BCUT2D eigenvalue weighted by Gasteiger charge is 2.42. The number of likely N-dealkylation sites (N-methyl/N-ethyl adjacent to an activating group) is 1. The number of carbonyl (C=O) groups is 2. The van der Waals surface area contributed by atoms with Crippen molar-refractivity contribution in [2.75, 3.05) is 13.7 Å². The van der Waals surface area contributed by atoms with Crippen molar-refractivity contribution in [3.63, 3.8) is 0 Å². The molecule has 5 nitrogen and oxygen atoms in total. The zero-order chi connectivity index (χ0) is 22.4. The number of hydrogen-bond donors (Lipinski definition) is 1. The molecule has 0 radical (unpaired) electrons. The predicted octanol–water partition coefficient (Wildman–Crippen LogP) is 3.92. The van der Waals surface area contributed by atoms with Crippen molar-refractivity contribution in [3.05, 3.63) is 106 Å². The van der Waals surface area contributed by atoms with Crippen LogP contribution in [-0.4, -0.2) is 35.5 Å². The molecule has 0 aliphatic heterocycles. The molecule has 0 atom stereocenters. The van der Waals surface area contributed by atoms with E-state index in [1.807, 2.05) is 0 Å². The zero-order valence-corrected chi connectivity index (χ0v) is 17.6. The molecule has 7 heteroatoms. The van der Waals surface area contributed by atoms with Crippen molar-refractivity contribution >= 4 is 23.5 Å². The number of aliphatic hydroxyl groups is 1. The average Bonchev–Trinajstić information content (AvgIpc) is 2.80. The van der Waals surface area contributed by atoms with Crippen molar-refractivity contribution in [2.24, 2.45) is 0 Å². The lowest BCUT2D eigenvalue weighted by Crippen LogP contribution is -2.40. The van der Waals surface area contributed by atoms with Crippen LogP contribution < -0.4 is 0 Å². The van der Waals surface area contributed by atoms with Crippen molar-refractivity contribution < 1.29 is 23.8 Å². The Bertz CT molecular complexity index is 1000. The van der Waals surface area contributed by atoms with Crippen LogP contribution in [0.15, 0.2) is 78.9 Å². The molecule has 1 N–H and O–H groups in total. The molecule has 0 saturated heterocycles. The van der Waals surface area contributed by atoms with E-state index in [-0.39, 0.29) is 17.1 Å². The summed E-state index contributed by atoms with van der Waals surface area (Å²) in [6, 6.07) is 20.9. The second kappa shape index (κ2) is 9.73. The van der Waals surface area contributed by atoms with E-state index in [0.717, 1.165) is 0 Å². The van der Waals surface area contributed by atoms with Crippen LogP contribution in [0.1, 0.15) is 16.7 Å². The summed E-state index contributed by atoms with van der Waals surface area (Å²) in [5, 5.41) is 11.5. The molecule has 0 saturated carbocycles. The van der Waals surface area contributed by atoms with Gasteiger partial charge < -0.3 is 14.7 Å². The van der Waals surface area contributed by atoms with Crippen molar-refractivity contribution in [1.29, 1.82) is 0 Å². The number of benzene rings is 3. The Morgan fingerprint density at radius 2 is 1.52 bits per heavy atom. The average molecular weight is 442 g/mol. The topological polar surface area (TPSA) is 66.8 Å². The van der Waals surface area contributed by atoms with Crippen LogP contribution in [0, 0.1) is 5.82 Å². The summed E-state index contributed by atoms with van der Waals surface area (Å²) in [6.45, 7) is -0.715. The van der Waals surface area contributed by atoms with E-state index >= 15 is 0 Å². The van der Waals surface area contributed by atoms with Gasteiger partial charge in [0.1, 0.15) is 5.82 Å². The first kappa shape index (κ1) is 22.5. The molecule has 3 rings (SSSR count). The molecular formula is C24H21ClFNO4. The molecule has 160 valence electrons. The summed E-state index contributed by atoms with van der Waals surface area (Å²) < 4.78 is 19.2. The molecule has 0 aliphatic rings. The summed E-state index contributed by atoms with van der Waals surface area (Å²) in [7, 11) is 1.44. The second-order valence-electron chi connectivity index (χ2n) is 6.97. The lowest BCUT2D eigenvalue weighted by molar-refractivity contribution is -0.166. The van der Waals surface area contributed by atoms with Gasteiger partial charge in [0.2, 0.25) is 5.60 Å². The Morgan fingerprint density at radius 3 is 2.03 bits per heavy atom. The molecule has 0 bridgehead atoms. The highest BCUT2D eigenvalue weighted by atomic mass is 35.5. The monoisotopic (exact) mass is 441 g/mol.